The number of aromatic hydroxyl groups is 1. The highest BCUT2D eigenvalue weighted by atomic mass is 79.9. The highest BCUT2D eigenvalue weighted by Crippen LogP contribution is 2.35. The van der Waals surface area contributed by atoms with E-state index in [9.17, 15) is 9.90 Å². The van der Waals surface area contributed by atoms with Gasteiger partial charge in [0.1, 0.15) is 16.2 Å². The van der Waals surface area contributed by atoms with E-state index in [1.165, 1.54) is 0 Å². The van der Waals surface area contributed by atoms with Gasteiger partial charge >= 0.3 is 0 Å². The summed E-state index contributed by atoms with van der Waals surface area (Å²) < 4.78 is 0.710. The second kappa shape index (κ2) is 9.33. The number of aromatic nitrogens is 3. The normalized spacial score (nSPS) is 10.7. The van der Waals surface area contributed by atoms with Gasteiger partial charge in [-0.15, -0.1) is 0 Å². The lowest BCUT2D eigenvalue weighted by Crippen LogP contribution is -2.11. The minimum atomic E-state index is -0.164. The third-order valence-electron chi connectivity index (χ3n) is 5.29. The van der Waals surface area contributed by atoms with Crippen LogP contribution in [0.1, 0.15) is 10.4 Å². The number of anilines is 1. The molecular weight excluding hydrogens is 492 g/mol. The Hall–Kier alpha value is -4.23. The lowest BCUT2D eigenvalue weighted by molar-refractivity contribution is 0.102. The number of carbonyl (C=O) groups is 1. The van der Waals surface area contributed by atoms with Gasteiger partial charge in [0.2, 0.25) is 0 Å². The maximum Gasteiger partial charge on any atom is 0.255 e. The fourth-order valence-corrected chi connectivity index (χ4v) is 4.01. The molecule has 0 spiro atoms. The van der Waals surface area contributed by atoms with Crippen molar-refractivity contribution in [3.05, 3.63) is 107 Å². The number of rotatable bonds is 5. The van der Waals surface area contributed by atoms with Crippen LogP contribution in [0, 0.1) is 0 Å². The van der Waals surface area contributed by atoms with Crippen LogP contribution in [0.25, 0.3) is 33.9 Å². The molecule has 3 aromatic carbocycles. The second-order valence-corrected chi connectivity index (χ2v) is 8.44. The van der Waals surface area contributed by atoms with E-state index < -0.39 is 0 Å². The Morgan fingerprint density at radius 3 is 2.38 bits per heavy atom. The number of phenolic OH excluding ortho intramolecular Hbond substituents is 1. The highest BCUT2D eigenvalue weighted by Gasteiger charge is 2.16. The number of halogens is 1. The van der Waals surface area contributed by atoms with E-state index in [0.717, 1.165) is 22.4 Å². The molecule has 0 saturated carbocycles. The van der Waals surface area contributed by atoms with E-state index in [4.69, 9.17) is 4.98 Å². The number of H-pyrrole nitrogens is 1. The van der Waals surface area contributed by atoms with E-state index >= 15 is 0 Å². The van der Waals surface area contributed by atoms with Crippen LogP contribution in [0.2, 0.25) is 0 Å². The number of pyridine rings is 1. The quantitative estimate of drug-likeness (QED) is 0.234. The van der Waals surface area contributed by atoms with Crippen molar-refractivity contribution in [3.8, 4) is 39.7 Å². The number of amides is 1. The number of benzene rings is 3. The van der Waals surface area contributed by atoms with Gasteiger partial charge in [-0.2, -0.15) is 0 Å². The number of nitrogens with zero attached hydrogens (tertiary/aromatic N) is 2. The van der Waals surface area contributed by atoms with Gasteiger partial charge in [0, 0.05) is 34.1 Å². The first-order valence-electron chi connectivity index (χ1n) is 10.5. The summed E-state index contributed by atoms with van der Waals surface area (Å²) in [5.41, 5.74) is 5.37. The Morgan fingerprint density at radius 1 is 0.853 bits per heavy atom. The van der Waals surface area contributed by atoms with Crippen LogP contribution in [0.15, 0.2) is 102 Å². The first-order valence-corrected chi connectivity index (χ1v) is 11.3. The maximum absolute atomic E-state index is 12.4. The average molecular weight is 511 g/mol. The second-order valence-electron chi connectivity index (χ2n) is 7.62. The van der Waals surface area contributed by atoms with Crippen molar-refractivity contribution in [3.63, 3.8) is 0 Å². The van der Waals surface area contributed by atoms with E-state index in [0.29, 0.717) is 27.4 Å². The van der Waals surface area contributed by atoms with Gasteiger partial charge in [-0.1, -0.05) is 30.3 Å². The van der Waals surface area contributed by atoms with Crippen molar-refractivity contribution >= 4 is 27.5 Å². The Bertz CT molecular complexity index is 1400. The zero-order chi connectivity index (χ0) is 23.5. The highest BCUT2D eigenvalue weighted by molar-refractivity contribution is 9.10. The molecule has 166 valence electrons. The fraction of sp³-hybridized carbons (Fsp3) is 0. The summed E-state index contributed by atoms with van der Waals surface area (Å²) in [6, 6.07) is 27.4. The first kappa shape index (κ1) is 21.6. The van der Waals surface area contributed by atoms with Crippen LogP contribution in [-0.4, -0.2) is 26.0 Å². The molecule has 5 aromatic rings. The molecule has 0 atom stereocenters. The van der Waals surface area contributed by atoms with Crippen molar-refractivity contribution in [1.82, 2.24) is 15.0 Å². The summed E-state index contributed by atoms with van der Waals surface area (Å²) in [5, 5.41) is 12.9. The number of carbonyl (C=O) groups excluding carboxylic acids is 1. The Balaban J connectivity index is 1.49. The van der Waals surface area contributed by atoms with Gasteiger partial charge in [-0.05, 0) is 76.6 Å². The number of aromatic amines is 1. The molecule has 0 aliphatic heterocycles. The average Bonchev–Trinajstić information content (AvgIpc) is 3.31. The SMILES string of the molecule is O=C(Nc1ccc(-c2nc(-c3cccc(O)c3)c(-c3ccnc(Br)c3)[nH]2)cc1)c1ccccc1. The predicted molar refractivity (Wildman–Crippen MR) is 136 cm³/mol. The number of phenols is 1. The predicted octanol–water partition coefficient (Wildman–Crippen LogP) is 6.53. The summed E-state index contributed by atoms with van der Waals surface area (Å²) >= 11 is 3.43. The zero-order valence-electron chi connectivity index (χ0n) is 17.9. The number of imidazole rings is 1. The smallest absolute Gasteiger partial charge is 0.255 e. The van der Waals surface area contributed by atoms with Crippen LogP contribution in [0.3, 0.4) is 0 Å². The van der Waals surface area contributed by atoms with Crippen LogP contribution in [0.5, 0.6) is 5.75 Å². The summed E-state index contributed by atoms with van der Waals surface area (Å²) in [5.74, 6) is 0.674. The summed E-state index contributed by atoms with van der Waals surface area (Å²) in [6.45, 7) is 0. The van der Waals surface area contributed by atoms with Gasteiger partial charge in [0.25, 0.3) is 5.91 Å². The van der Waals surface area contributed by atoms with Crippen molar-refractivity contribution in [2.75, 3.05) is 5.32 Å². The summed E-state index contributed by atoms with van der Waals surface area (Å²) in [4.78, 5) is 24.9. The lowest BCUT2D eigenvalue weighted by atomic mass is 10.1. The third kappa shape index (κ3) is 4.60. The van der Waals surface area contributed by atoms with E-state index in [1.54, 1.807) is 36.5 Å². The molecular formula is C27H19BrN4O2. The molecule has 6 nitrogen and oxygen atoms in total. The molecule has 0 unspecified atom stereocenters. The Morgan fingerprint density at radius 2 is 1.65 bits per heavy atom. The lowest BCUT2D eigenvalue weighted by Gasteiger charge is -2.06. The molecule has 34 heavy (non-hydrogen) atoms. The van der Waals surface area contributed by atoms with E-state index in [2.05, 4.69) is 31.2 Å². The molecule has 0 bridgehead atoms. The van der Waals surface area contributed by atoms with Crippen LogP contribution in [0.4, 0.5) is 5.69 Å². The van der Waals surface area contributed by atoms with Gasteiger partial charge in [0.15, 0.2) is 0 Å². The number of hydrogen-bond acceptors (Lipinski definition) is 4. The van der Waals surface area contributed by atoms with Crippen molar-refractivity contribution in [2.45, 2.75) is 0 Å². The van der Waals surface area contributed by atoms with Crippen molar-refractivity contribution in [1.29, 1.82) is 0 Å². The number of hydrogen-bond donors (Lipinski definition) is 3. The molecule has 7 heteroatoms. The first-order chi connectivity index (χ1) is 16.6. The topological polar surface area (TPSA) is 90.9 Å². The van der Waals surface area contributed by atoms with Gasteiger partial charge < -0.3 is 15.4 Å². The molecule has 2 aromatic heterocycles. The Kier molecular flexibility index (Phi) is 5.93. The zero-order valence-corrected chi connectivity index (χ0v) is 19.5. The van der Waals surface area contributed by atoms with Crippen LogP contribution >= 0.6 is 15.9 Å². The summed E-state index contributed by atoms with van der Waals surface area (Å²) in [7, 11) is 0. The molecule has 0 radical (unpaired) electrons. The standard InChI is InChI=1S/C27H19BrN4O2/c28-23-16-20(13-14-29-23)25-24(19-7-4-8-22(33)15-19)31-26(32-25)17-9-11-21(12-10-17)30-27(34)18-5-2-1-3-6-18/h1-16,33H,(H,30,34)(H,31,32). The van der Waals surface area contributed by atoms with Crippen molar-refractivity contribution < 1.29 is 9.90 Å². The minimum absolute atomic E-state index is 0.164. The Labute approximate surface area is 204 Å². The monoisotopic (exact) mass is 510 g/mol. The maximum atomic E-state index is 12.4. The van der Waals surface area contributed by atoms with Crippen LogP contribution in [-0.2, 0) is 0 Å². The molecule has 0 aliphatic rings. The van der Waals surface area contributed by atoms with E-state index in [1.807, 2.05) is 60.7 Å². The van der Waals surface area contributed by atoms with Crippen LogP contribution < -0.4 is 5.32 Å². The minimum Gasteiger partial charge on any atom is -0.508 e. The summed E-state index contributed by atoms with van der Waals surface area (Å²) in [6.07, 6.45) is 1.72. The van der Waals surface area contributed by atoms with Crippen molar-refractivity contribution in [2.24, 2.45) is 0 Å². The molecule has 0 saturated heterocycles. The molecule has 5 rings (SSSR count). The third-order valence-corrected chi connectivity index (χ3v) is 5.72. The molecule has 3 N–H and O–H groups in total. The van der Waals surface area contributed by atoms with E-state index in [-0.39, 0.29) is 11.7 Å². The van der Waals surface area contributed by atoms with Gasteiger partial charge in [0.05, 0.1) is 11.4 Å². The molecule has 1 amide bonds. The van der Waals surface area contributed by atoms with Gasteiger partial charge in [-0.3, -0.25) is 4.79 Å². The molecule has 0 aliphatic carbocycles. The van der Waals surface area contributed by atoms with Gasteiger partial charge in [-0.25, -0.2) is 9.97 Å². The largest absolute Gasteiger partial charge is 0.508 e. The number of nitrogens with one attached hydrogen (secondary N) is 2. The fourth-order valence-electron chi connectivity index (χ4n) is 3.64. The molecule has 0 fully saturated rings. The molecule has 2 heterocycles.